The highest BCUT2D eigenvalue weighted by Crippen LogP contribution is 2.18. The highest BCUT2D eigenvalue weighted by atomic mass is 16.5. The summed E-state index contributed by atoms with van der Waals surface area (Å²) in [5.41, 5.74) is 0.657. The molecule has 0 aliphatic carbocycles. The molecule has 1 aliphatic rings. The Labute approximate surface area is 133 Å². The molecule has 1 atom stereocenters. The van der Waals surface area contributed by atoms with Gasteiger partial charge in [0.1, 0.15) is 5.75 Å². The average molecular weight is 304 g/mol. The third kappa shape index (κ3) is 4.73. The first-order chi connectivity index (χ1) is 10.6. The standard InChI is InChI=1S/C18H28N2O2/c1-14(2)11-16(20-9-4-5-10-20)13-19-18(21)15-7-6-8-17(12-15)22-3/h6-8,12,14,16H,4-5,9-11,13H2,1-3H3,(H,19,21). The van der Waals surface area contributed by atoms with Crippen LogP contribution in [-0.2, 0) is 0 Å². The number of carbonyl (C=O) groups excluding carboxylic acids is 1. The molecule has 1 unspecified atom stereocenters. The van der Waals surface area contributed by atoms with Gasteiger partial charge in [-0.05, 0) is 56.5 Å². The van der Waals surface area contributed by atoms with Crippen molar-refractivity contribution in [2.45, 2.75) is 39.2 Å². The molecule has 1 fully saturated rings. The zero-order valence-electron chi connectivity index (χ0n) is 14.0. The van der Waals surface area contributed by atoms with Gasteiger partial charge in [0.25, 0.3) is 5.91 Å². The summed E-state index contributed by atoms with van der Waals surface area (Å²) >= 11 is 0. The van der Waals surface area contributed by atoms with Crippen molar-refractivity contribution in [2.75, 3.05) is 26.7 Å². The van der Waals surface area contributed by atoms with Crippen molar-refractivity contribution in [3.05, 3.63) is 29.8 Å². The summed E-state index contributed by atoms with van der Waals surface area (Å²) in [6.45, 7) is 7.52. The maximum atomic E-state index is 12.3. The Morgan fingerprint density at radius 3 is 2.68 bits per heavy atom. The fourth-order valence-corrected chi connectivity index (χ4v) is 3.09. The van der Waals surface area contributed by atoms with Crippen molar-refractivity contribution in [1.82, 2.24) is 10.2 Å². The van der Waals surface area contributed by atoms with Crippen LogP contribution < -0.4 is 10.1 Å². The third-order valence-corrected chi connectivity index (χ3v) is 4.23. The second-order valence-corrected chi connectivity index (χ2v) is 6.47. The molecule has 4 nitrogen and oxygen atoms in total. The molecule has 1 N–H and O–H groups in total. The molecule has 0 spiro atoms. The van der Waals surface area contributed by atoms with Gasteiger partial charge in [-0.2, -0.15) is 0 Å². The van der Waals surface area contributed by atoms with Crippen LogP contribution in [-0.4, -0.2) is 43.6 Å². The molecule has 0 saturated carbocycles. The zero-order chi connectivity index (χ0) is 15.9. The SMILES string of the molecule is COc1cccc(C(=O)NCC(CC(C)C)N2CCCC2)c1. The molecule has 1 heterocycles. The van der Waals surface area contributed by atoms with Gasteiger partial charge < -0.3 is 10.1 Å². The summed E-state index contributed by atoms with van der Waals surface area (Å²) in [7, 11) is 1.61. The molecular weight excluding hydrogens is 276 g/mol. The number of hydrogen-bond acceptors (Lipinski definition) is 3. The van der Waals surface area contributed by atoms with E-state index in [1.54, 1.807) is 13.2 Å². The van der Waals surface area contributed by atoms with Crippen molar-refractivity contribution < 1.29 is 9.53 Å². The Hall–Kier alpha value is -1.55. The van der Waals surface area contributed by atoms with Gasteiger partial charge in [-0.25, -0.2) is 0 Å². The summed E-state index contributed by atoms with van der Waals surface area (Å²) in [6.07, 6.45) is 3.68. The van der Waals surface area contributed by atoms with Gasteiger partial charge in [-0.15, -0.1) is 0 Å². The predicted molar refractivity (Wildman–Crippen MR) is 89.4 cm³/mol. The monoisotopic (exact) mass is 304 g/mol. The van der Waals surface area contributed by atoms with Crippen LogP contribution in [0.25, 0.3) is 0 Å². The highest BCUT2D eigenvalue weighted by molar-refractivity contribution is 5.94. The van der Waals surface area contributed by atoms with E-state index >= 15 is 0 Å². The minimum Gasteiger partial charge on any atom is -0.497 e. The number of nitrogens with one attached hydrogen (secondary N) is 1. The Morgan fingerprint density at radius 1 is 1.32 bits per heavy atom. The lowest BCUT2D eigenvalue weighted by Gasteiger charge is -2.29. The van der Waals surface area contributed by atoms with Gasteiger partial charge in [0, 0.05) is 18.2 Å². The first-order valence-corrected chi connectivity index (χ1v) is 8.26. The van der Waals surface area contributed by atoms with Gasteiger partial charge in [-0.1, -0.05) is 19.9 Å². The van der Waals surface area contributed by atoms with Crippen LogP contribution in [0.5, 0.6) is 5.75 Å². The van der Waals surface area contributed by atoms with Crippen LogP contribution in [0.15, 0.2) is 24.3 Å². The van der Waals surface area contributed by atoms with Crippen molar-refractivity contribution >= 4 is 5.91 Å². The maximum absolute atomic E-state index is 12.3. The maximum Gasteiger partial charge on any atom is 0.251 e. The molecule has 122 valence electrons. The largest absolute Gasteiger partial charge is 0.497 e. The number of benzene rings is 1. The number of likely N-dealkylation sites (tertiary alicyclic amines) is 1. The number of methoxy groups -OCH3 is 1. The summed E-state index contributed by atoms with van der Waals surface area (Å²) in [4.78, 5) is 14.9. The molecule has 4 heteroatoms. The average Bonchev–Trinajstić information content (AvgIpc) is 3.05. The van der Waals surface area contributed by atoms with Crippen molar-refractivity contribution in [2.24, 2.45) is 5.92 Å². The number of nitrogens with zero attached hydrogens (tertiary/aromatic N) is 1. The molecular formula is C18H28N2O2. The van der Waals surface area contributed by atoms with Crippen LogP contribution in [0.3, 0.4) is 0 Å². The molecule has 0 radical (unpaired) electrons. The zero-order valence-corrected chi connectivity index (χ0v) is 14.0. The molecule has 0 aromatic heterocycles. The van der Waals surface area contributed by atoms with E-state index in [4.69, 9.17) is 4.74 Å². The highest BCUT2D eigenvalue weighted by Gasteiger charge is 2.23. The molecule has 0 bridgehead atoms. The van der Waals surface area contributed by atoms with E-state index in [0.717, 1.165) is 19.5 Å². The van der Waals surface area contributed by atoms with Crippen LogP contribution in [0, 0.1) is 5.92 Å². The van der Waals surface area contributed by atoms with Crippen LogP contribution >= 0.6 is 0 Å². The van der Waals surface area contributed by atoms with Gasteiger partial charge >= 0.3 is 0 Å². The molecule has 1 aliphatic heterocycles. The minimum absolute atomic E-state index is 0.0214. The lowest BCUT2D eigenvalue weighted by molar-refractivity contribution is 0.0933. The number of carbonyl (C=O) groups is 1. The molecule has 1 aromatic carbocycles. The summed E-state index contributed by atoms with van der Waals surface area (Å²) in [5, 5.41) is 3.10. The minimum atomic E-state index is -0.0214. The number of rotatable bonds is 7. The quantitative estimate of drug-likeness (QED) is 0.842. The van der Waals surface area contributed by atoms with Gasteiger partial charge in [0.15, 0.2) is 0 Å². The van der Waals surface area contributed by atoms with Crippen LogP contribution in [0.2, 0.25) is 0 Å². The molecule has 2 rings (SSSR count). The van der Waals surface area contributed by atoms with E-state index in [1.807, 2.05) is 18.2 Å². The second-order valence-electron chi connectivity index (χ2n) is 6.47. The fraction of sp³-hybridized carbons (Fsp3) is 0.611. The van der Waals surface area contributed by atoms with Crippen LogP contribution in [0.1, 0.15) is 43.5 Å². The van der Waals surface area contributed by atoms with E-state index in [2.05, 4.69) is 24.1 Å². The molecule has 22 heavy (non-hydrogen) atoms. The fourth-order valence-electron chi connectivity index (χ4n) is 3.09. The van der Waals surface area contributed by atoms with E-state index in [0.29, 0.717) is 29.8 Å². The summed E-state index contributed by atoms with van der Waals surface area (Å²) < 4.78 is 5.18. The normalized spacial score (nSPS) is 16.7. The van der Waals surface area contributed by atoms with Crippen molar-refractivity contribution in [3.8, 4) is 5.75 Å². The number of ether oxygens (including phenoxy) is 1. The van der Waals surface area contributed by atoms with E-state index in [1.165, 1.54) is 12.8 Å². The molecule has 1 amide bonds. The smallest absolute Gasteiger partial charge is 0.251 e. The van der Waals surface area contributed by atoms with E-state index < -0.39 is 0 Å². The first kappa shape index (κ1) is 16.8. The van der Waals surface area contributed by atoms with E-state index in [-0.39, 0.29) is 5.91 Å². The van der Waals surface area contributed by atoms with Crippen LogP contribution in [0.4, 0.5) is 0 Å². The predicted octanol–water partition coefficient (Wildman–Crippen LogP) is 2.94. The van der Waals surface area contributed by atoms with E-state index in [9.17, 15) is 4.79 Å². The van der Waals surface area contributed by atoms with Gasteiger partial charge in [0.2, 0.25) is 0 Å². The Balaban J connectivity index is 1.93. The molecule has 1 saturated heterocycles. The van der Waals surface area contributed by atoms with Gasteiger partial charge in [0.05, 0.1) is 7.11 Å². The molecule has 1 aromatic rings. The van der Waals surface area contributed by atoms with Crippen molar-refractivity contribution in [1.29, 1.82) is 0 Å². The topological polar surface area (TPSA) is 41.6 Å². The van der Waals surface area contributed by atoms with Gasteiger partial charge in [-0.3, -0.25) is 9.69 Å². The summed E-state index contributed by atoms with van der Waals surface area (Å²) in [6, 6.07) is 7.74. The van der Waals surface area contributed by atoms with Crippen molar-refractivity contribution in [3.63, 3.8) is 0 Å². The Morgan fingerprint density at radius 2 is 2.05 bits per heavy atom. The third-order valence-electron chi connectivity index (χ3n) is 4.23. The lowest BCUT2D eigenvalue weighted by Crippen LogP contribution is -2.43. The first-order valence-electron chi connectivity index (χ1n) is 8.26. The Bertz CT molecular complexity index is 482. The Kier molecular flexibility index (Phi) is 6.25. The second kappa shape index (κ2) is 8.18. The lowest BCUT2D eigenvalue weighted by atomic mass is 10.0. The summed E-state index contributed by atoms with van der Waals surface area (Å²) in [5.74, 6) is 1.33. The number of hydrogen-bond donors (Lipinski definition) is 1. The number of amides is 1.